The van der Waals surface area contributed by atoms with Crippen molar-refractivity contribution in [3.05, 3.63) is 53.5 Å². The molecule has 1 aliphatic heterocycles. The van der Waals surface area contributed by atoms with Crippen LogP contribution in [0.3, 0.4) is 0 Å². The van der Waals surface area contributed by atoms with E-state index < -0.39 is 0 Å². The van der Waals surface area contributed by atoms with Gasteiger partial charge in [-0.25, -0.2) is 9.78 Å². The van der Waals surface area contributed by atoms with Crippen LogP contribution >= 0.6 is 23.1 Å². The third-order valence-corrected chi connectivity index (χ3v) is 7.60. The number of thioether (sulfide) groups is 1. The van der Waals surface area contributed by atoms with Gasteiger partial charge >= 0.3 is 5.97 Å². The second kappa shape index (κ2) is 11.5. The quantitative estimate of drug-likeness (QED) is 0.206. The highest BCUT2D eigenvalue weighted by molar-refractivity contribution is 8.01. The van der Waals surface area contributed by atoms with Gasteiger partial charge in [-0.15, -0.1) is 11.3 Å². The molecule has 0 radical (unpaired) electrons. The highest BCUT2D eigenvalue weighted by atomic mass is 32.2. The molecule has 1 saturated heterocycles. The molecule has 0 bridgehead atoms. The third kappa shape index (κ3) is 6.26. The summed E-state index contributed by atoms with van der Waals surface area (Å²) in [4.78, 5) is 30.7. The van der Waals surface area contributed by atoms with Gasteiger partial charge in [-0.2, -0.15) is 0 Å². The van der Waals surface area contributed by atoms with Gasteiger partial charge in [-0.05, 0) is 35.7 Å². The van der Waals surface area contributed by atoms with E-state index in [1.54, 1.807) is 17.1 Å². The molecule has 1 aliphatic rings. The van der Waals surface area contributed by atoms with Crippen LogP contribution in [0, 0.1) is 0 Å². The molecule has 0 saturated carbocycles. The molecular weight excluding hydrogens is 456 g/mol. The largest absolute Gasteiger partial charge is 0.491 e. The zero-order valence-corrected chi connectivity index (χ0v) is 20.3. The summed E-state index contributed by atoms with van der Waals surface area (Å²) in [7, 11) is 0. The van der Waals surface area contributed by atoms with Crippen LogP contribution in [0.15, 0.2) is 52.2 Å². The molecule has 8 heteroatoms. The average Bonchev–Trinajstić information content (AvgIpc) is 3.45. The molecule has 174 valence electrons. The number of aromatic nitrogens is 1. The molecule has 2 aromatic carbocycles. The fraction of sp³-hybridized carbons (Fsp3) is 0.400. The molecular formula is C25H28N2O4S2. The first kappa shape index (κ1) is 23.6. The van der Waals surface area contributed by atoms with E-state index in [1.165, 1.54) is 16.7 Å². The SMILES string of the molecule is CCCCOC(=O)c1csc(SCCN2C(=O)CC[C@@H]2COc2ccc3ccccc3c2)n1. The van der Waals surface area contributed by atoms with E-state index in [-0.39, 0.29) is 17.9 Å². The first-order valence-electron chi connectivity index (χ1n) is 11.3. The molecule has 1 atom stereocenters. The summed E-state index contributed by atoms with van der Waals surface area (Å²) >= 11 is 2.99. The summed E-state index contributed by atoms with van der Waals surface area (Å²) < 4.78 is 12.1. The van der Waals surface area contributed by atoms with Crippen LogP contribution in [-0.4, -0.2) is 53.3 Å². The van der Waals surface area contributed by atoms with Crippen LogP contribution in [0.5, 0.6) is 5.75 Å². The zero-order valence-electron chi connectivity index (χ0n) is 18.7. The number of benzene rings is 2. The predicted octanol–water partition coefficient (Wildman–Crippen LogP) is 5.42. The van der Waals surface area contributed by atoms with Crippen molar-refractivity contribution in [1.82, 2.24) is 9.88 Å². The summed E-state index contributed by atoms with van der Waals surface area (Å²) in [5.41, 5.74) is 0.359. The number of amides is 1. The van der Waals surface area contributed by atoms with Crippen LogP contribution in [0.4, 0.5) is 0 Å². The number of fused-ring (bicyclic) bond motifs is 1. The van der Waals surface area contributed by atoms with Gasteiger partial charge in [0.25, 0.3) is 0 Å². The van der Waals surface area contributed by atoms with Crippen molar-refractivity contribution in [2.45, 2.75) is 43.0 Å². The lowest BCUT2D eigenvalue weighted by Gasteiger charge is -2.24. The van der Waals surface area contributed by atoms with E-state index in [4.69, 9.17) is 9.47 Å². The summed E-state index contributed by atoms with van der Waals surface area (Å²) in [5.74, 6) is 1.34. The van der Waals surface area contributed by atoms with E-state index in [0.29, 0.717) is 31.9 Å². The van der Waals surface area contributed by atoms with Gasteiger partial charge in [0, 0.05) is 24.1 Å². The Hall–Kier alpha value is -2.58. The number of hydrogen-bond donors (Lipinski definition) is 0. The number of ether oxygens (including phenoxy) is 2. The Morgan fingerprint density at radius 2 is 2.09 bits per heavy atom. The first-order chi connectivity index (χ1) is 16.1. The Kier molecular flexibility index (Phi) is 8.23. The molecule has 4 rings (SSSR count). The summed E-state index contributed by atoms with van der Waals surface area (Å²) in [6.45, 7) is 3.59. The maximum atomic E-state index is 12.4. The van der Waals surface area contributed by atoms with E-state index in [1.807, 2.05) is 29.2 Å². The standard InChI is InChI=1S/C25H28N2O4S2/c1-2-3-13-30-24(29)22-17-33-25(26-22)32-14-12-27-20(9-11-23(27)28)16-31-21-10-8-18-6-4-5-7-19(18)15-21/h4-8,10,15,17,20H,2-3,9,11-14,16H2,1H3/t20-/m1/s1. The minimum absolute atomic E-state index is 0.0740. The zero-order chi connectivity index (χ0) is 23.0. The summed E-state index contributed by atoms with van der Waals surface area (Å²) in [5, 5.41) is 4.06. The minimum Gasteiger partial charge on any atom is -0.491 e. The Bertz CT molecular complexity index is 1100. The molecule has 1 fully saturated rings. The smallest absolute Gasteiger partial charge is 0.357 e. The molecule has 2 heterocycles. The number of thiazole rings is 1. The van der Waals surface area contributed by atoms with Gasteiger partial charge in [0.15, 0.2) is 10.0 Å². The summed E-state index contributed by atoms with van der Waals surface area (Å²) in [6, 6.07) is 14.3. The van der Waals surface area contributed by atoms with E-state index in [2.05, 4.69) is 30.1 Å². The van der Waals surface area contributed by atoms with Gasteiger partial charge in [0.2, 0.25) is 5.91 Å². The molecule has 33 heavy (non-hydrogen) atoms. The second-order valence-corrected chi connectivity index (χ2v) is 10.1. The fourth-order valence-corrected chi connectivity index (χ4v) is 5.56. The minimum atomic E-state index is -0.368. The second-order valence-electron chi connectivity index (χ2n) is 7.94. The van der Waals surface area contributed by atoms with Crippen molar-refractivity contribution in [3.63, 3.8) is 0 Å². The number of carbonyl (C=O) groups excluding carboxylic acids is 2. The highest BCUT2D eigenvalue weighted by Crippen LogP contribution is 2.26. The first-order valence-corrected chi connectivity index (χ1v) is 13.2. The molecule has 6 nitrogen and oxygen atoms in total. The van der Waals surface area contributed by atoms with Crippen molar-refractivity contribution < 1.29 is 19.1 Å². The third-order valence-electron chi connectivity index (χ3n) is 5.60. The topological polar surface area (TPSA) is 68.7 Å². The maximum absolute atomic E-state index is 12.4. The van der Waals surface area contributed by atoms with Crippen LogP contribution in [0.2, 0.25) is 0 Å². The van der Waals surface area contributed by atoms with E-state index in [0.717, 1.165) is 40.5 Å². The van der Waals surface area contributed by atoms with E-state index >= 15 is 0 Å². The van der Waals surface area contributed by atoms with Crippen molar-refractivity contribution in [1.29, 1.82) is 0 Å². The predicted molar refractivity (Wildman–Crippen MR) is 132 cm³/mol. The molecule has 1 amide bonds. The Labute approximate surface area is 202 Å². The number of hydrogen-bond acceptors (Lipinski definition) is 7. The highest BCUT2D eigenvalue weighted by Gasteiger charge is 2.31. The van der Waals surface area contributed by atoms with Crippen LogP contribution in [0.1, 0.15) is 43.1 Å². The lowest BCUT2D eigenvalue weighted by Crippen LogP contribution is -2.38. The number of esters is 1. The summed E-state index contributed by atoms with van der Waals surface area (Å²) in [6.07, 6.45) is 3.20. The Balaban J connectivity index is 1.26. The molecule has 1 aromatic heterocycles. The van der Waals surface area contributed by atoms with Crippen molar-refractivity contribution >= 4 is 45.7 Å². The monoisotopic (exact) mass is 484 g/mol. The Morgan fingerprint density at radius 1 is 1.24 bits per heavy atom. The molecule has 0 aliphatic carbocycles. The maximum Gasteiger partial charge on any atom is 0.357 e. The molecule has 0 spiro atoms. The number of rotatable bonds is 11. The van der Waals surface area contributed by atoms with Gasteiger partial charge in [0.1, 0.15) is 12.4 Å². The number of unbranched alkanes of at least 4 members (excludes halogenated alkanes) is 1. The number of carbonyl (C=O) groups is 2. The average molecular weight is 485 g/mol. The van der Waals surface area contributed by atoms with Crippen molar-refractivity contribution in [2.75, 3.05) is 25.5 Å². The van der Waals surface area contributed by atoms with Crippen molar-refractivity contribution in [3.8, 4) is 5.75 Å². The normalized spacial score (nSPS) is 15.8. The number of nitrogens with zero attached hydrogens (tertiary/aromatic N) is 2. The van der Waals surface area contributed by atoms with Crippen molar-refractivity contribution in [2.24, 2.45) is 0 Å². The molecule has 0 N–H and O–H groups in total. The van der Waals surface area contributed by atoms with Gasteiger partial charge in [-0.3, -0.25) is 4.79 Å². The van der Waals surface area contributed by atoms with Gasteiger partial charge in [-0.1, -0.05) is 55.4 Å². The van der Waals surface area contributed by atoms with Gasteiger partial charge in [0.05, 0.1) is 12.6 Å². The lowest BCUT2D eigenvalue weighted by molar-refractivity contribution is -0.129. The fourth-order valence-electron chi connectivity index (χ4n) is 3.76. The lowest BCUT2D eigenvalue weighted by atomic mass is 10.1. The van der Waals surface area contributed by atoms with E-state index in [9.17, 15) is 9.59 Å². The van der Waals surface area contributed by atoms with Crippen LogP contribution in [0.25, 0.3) is 10.8 Å². The van der Waals surface area contributed by atoms with Crippen LogP contribution < -0.4 is 4.74 Å². The molecule has 3 aromatic rings. The Morgan fingerprint density at radius 3 is 2.94 bits per heavy atom. The molecule has 0 unspecified atom stereocenters. The van der Waals surface area contributed by atoms with Crippen LogP contribution in [-0.2, 0) is 9.53 Å². The number of likely N-dealkylation sites (tertiary alicyclic amines) is 1. The van der Waals surface area contributed by atoms with Gasteiger partial charge < -0.3 is 14.4 Å².